The van der Waals surface area contributed by atoms with E-state index in [1.54, 1.807) is 19.1 Å². The fraction of sp³-hybridized carbons (Fsp3) is 0.429. The van der Waals surface area contributed by atoms with E-state index >= 15 is 0 Å². The molecule has 0 aliphatic carbocycles. The first-order valence-corrected chi connectivity index (χ1v) is 6.50. The Morgan fingerprint density at radius 2 is 2.05 bits per heavy atom. The van der Waals surface area contributed by atoms with E-state index in [-0.39, 0.29) is 23.9 Å². The van der Waals surface area contributed by atoms with E-state index in [1.807, 2.05) is 6.92 Å². The highest BCUT2D eigenvalue weighted by molar-refractivity contribution is 6.00. The minimum absolute atomic E-state index is 0.00862. The summed E-state index contributed by atoms with van der Waals surface area (Å²) in [6.45, 7) is 4.53. The van der Waals surface area contributed by atoms with E-state index in [4.69, 9.17) is 10.2 Å². The lowest BCUT2D eigenvalue weighted by Crippen LogP contribution is -2.36. The third kappa shape index (κ3) is 4.24. The molecule has 0 aromatic heterocycles. The number of carboxylic acid groups (broad SMARTS) is 1. The number of aliphatic hydroxyl groups is 1. The first kappa shape index (κ1) is 16.0. The Kier molecular flexibility index (Phi) is 5.99. The number of hydrogen-bond donors (Lipinski definition) is 3. The quantitative estimate of drug-likeness (QED) is 0.742. The van der Waals surface area contributed by atoms with Gasteiger partial charge in [0, 0.05) is 19.7 Å². The molecule has 0 aliphatic rings. The maximum atomic E-state index is 12.0. The van der Waals surface area contributed by atoms with Crippen LogP contribution in [0.2, 0.25) is 0 Å². The summed E-state index contributed by atoms with van der Waals surface area (Å²) >= 11 is 0. The van der Waals surface area contributed by atoms with Crippen LogP contribution in [-0.4, -0.2) is 46.8 Å². The lowest BCUT2D eigenvalue weighted by molar-refractivity contribution is 0.0698. The molecule has 1 aromatic carbocycles. The SMILES string of the molecule is CCN(CCCO)C(=O)Nc1ccc(C)cc1C(=O)O. The number of aromatic carboxylic acids is 1. The van der Waals surface area contributed by atoms with Crippen molar-refractivity contribution in [2.75, 3.05) is 25.0 Å². The highest BCUT2D eigenvalue weighted by Gasteiger charge is 2.16. The number of carboxylic acids is 1. The van der Waals surface area contributed by atoms with E-state index in [1.165, 1.54) is 11.0 Å². The highest BCUT2D eigenvalue weighted by atomic mass is 16.4. The van der Waals surface area contributed by atoms with Gasteiger partial charge in [0.25, 0.3) is 0 Å². The number of carbonyl (C=O) groups excluding carboxylic acids is 1. The Hall–Kier alpha value is -2.08. The molecule has 6 heteroatoms. The number of anilines is 1. The first-order valence-electron chi connectivity index (χ1n) is 6.50. The van der Waals surface area contributed by atoms with Gasteiger partial charge in [0.2, 0.25) is 0 Å². The largest absolute Gasteiger partial charge is 0.478 e. The van der Waals surface area contributed by atoms with Crippen molar-refractivity contribution in [3.05, 3.63) is 29.3 Å². The standard InChI is InChI=1S/C14H20N2O4/c1-3-16(7-4-8-17)14(20)15-12-6-5-10(2)9-11(12)13(18)19/h5-6,9,17H,3-4,7-8H2,1-2H3,(H,15,20)(H,18,19). The van der Waals surface area contributed by atoms with Crippen LogP contribution in [0.15, 0.2) is 18.2 Å². The van der Waals surface area contributed by atoms with Gasteiger partial charge in [0.15, 0.2) is 0 Å². The van der Waals surface area contributed by atoms with Gasteiger partial charge in [-0.2, -0.15) is 0 Å². The third-order valence-electron chi connectivity index (χ3n) is 2.90. The number of nitrogens with zero attached hydrogens (tertiary/aromatic N) is 1. The molecular formula is C14H20N2O4. The maximum Gasteiger partial charge on any atom is 0.337 e. The second-order valence-corrected chi connectivity index (χ2v) is 4.44. The molecule has 0 fully saturated rings. The van der Waals surface area contributed by atoms with E-state index in [0.29, 0.717) is 19.5 Å². The lowest BCUT2D eigenvalue weighted by Gasteiger charge is -2.21. The summed E-state index contributed by atoms with van der Waals surface area (Å²) in [5.74, 6) is -1.08. The van der Waals surface area contributed by atoms with Crippen molar-refractivity contribution < 1.29 is 19.8 Å². The zero-order valence-corrected chi connectivity index (χ0v) is 11.7. The van der Waals surface area contributed by atoms with Crippen molar-refractivity contribution in [3.8, 4) is 0 Å². The number of benzene rings is 1. The van der Waals surface area contributed by atoms with Gasteiger partial charge in [-0.15, -0.1) is 0 Å². The van der Waals surface area contributed by atoms with Crippen molar-refractivity contribution in [2.45, 2.75) is 20.3 Å². The number of aryl methyl sites for hydroxylation is 1. The smallest absolute Gasteiger partial charge is 0.337 e. The van der Waals surface area contributed by atoms with Crippen LogP contribution < -0.4 is 5.32 Å². The van der Waals surface area contributed by atoms with Crippen LogP contribution in [0, 0.1) is 6.92 Å². The Balaban J connectivity index is 2.86. The molecule has 3 N–H and O–H groups in total. The molecule has 110 valence electrons. The van der Waals surface area contributed by atoms with E-state index in [2.05, 4.69) is 5.32 Å². The van der Waals surface area contributed by atoms with Crippen molar-refractivity contribution in [3.63, 3.8) is 0 Å². The Labute approximate surface area is 118 Å². The van der Waals surface area contributed by atoms with Gasteiger partial charge in [-0.25, -0.2) is 9.59 Å². The minimum Gasteiger partial charge on any atom is -0.478 e. The Morgan fingerprint density at radius 1 is 1.35 bits per heavy atom. The fourth-order valence-corrected chi connectivity index (χ4v) is 1.80. The first-order chi connectivity index (χ1) is 9.49. The van der Waals surface area contributed by atoms with Gasteiger partial charge in [0.1, 0.15) is 0 Å². The summed E-state index contributed by atoms with van der Waals surface area (Å²) in [6.07, 6.45) is 0.487. The van der Waals surface area contributed by atoms with Gasteiger partial charge in [0.05, 0.1) is 11.3 Å². The average Bonchev–Trinajstić information content (AvgIpc) is 2.41. The van der Waals surface area contributed by atoms with Gasteiger partial charge in [-0.3, -0.25) is 0 Å². The monoisotopic (exact) mass is 280 g/mol. The average molecular weight is 280 g/mol. The summed E-state index contributed by atoms with van der Waals surface area (Å²) in [5, 5.41) is 20.5. The Morgan fingerprint density at radius 3 is 2.60 bits per heavy atom. The number of rotatable bonds is 6. The minimum atomic E-state index is -1.08. The van der Waals surface area contributed by atoms with Crippen LogP contribution in [0.25, 0.3) is 0 Å². The van der Waals surface area contributed by atoms with Crippen LogP contribution in [0.5, 0.6) is 0 Å². The number of amides is 2. The molecule has 0 spiro atoms. The van der Waals surface area contributed by atoms with E-state index in [0.717, 1.165) is 5.56 Å². The zero-order valence-electron chi connectivity index (χ0n) is 11.7. The predicted octanol–water partition coefficient (Wildman–Crippen LogP) is 1.93. The molecule has 0 radical (unpaired) electrons. The second-order valence-electron chi connectivity index (χ2n) is 4.44. The molecule has 2 amide bonds. The van der Waals surface area contributed by atoms with Crippen LogP contribution in [-0.2, 0) is 0 Å². The molecule has 0 heterocycles. The molecule has 0 saturated carbocycles. The molecule has 0 unspecified atom stereocenters. The maximum absolute atomic E-state index is 12.0. The molecule has 20 heavy (non-hydrogen) atoms. The van der Waals surface area contributed by atoms with Gasteiger partial charge in [-0.1, -0.05) is 11.6 Å². The fourth-order valence-electron chi connectivity index (χ4n) is 1.80. The van der Waals surface area contributed by atoms with Crippen molar-refractivity contribution >= 4 is 17.7 Å². The molecule has 0 bridgehead atoms. The van der Waals surface area contributed by atoms with Crippen molar-refractivity contribution in [1.82, 2.24) is 4.90 Å². The number of urea groups is 1. The number of carbonyl (C=O) groups is 2. The number of nitrogens with one attached hydrogen (secondary N) is 1. The van der Waals surface area contributed by atoms with Crippen molar-refractivity contribution in [1.29, 1.82) is 0 Å². The second kappa shape index (κ2) is 7.49. The summed E-state index contributed by atoms with van der Waals surface area (Å²) < 4.78 is 0. The lowest BCUT2D eigenvalue weighted by atomic mass is 10.1. The summed E-state index contributed by atoms with van der Waals surface area (Å²) in [4.78, 5) is 24.7. The molecular weight excluding hydrogens is 260 g/mol. The van der Waals surface area contributed by atoms with Gasteiger partial charge >= 0.3 is 12.0 Å². The molecule has 0 saturated heterocycles. The molecule has 1 rings (SSSR count). The van der Waals surface area contributed by atoms with E-state index in [9.17, 15) is 9.59 Å². The highest BCUT2D eigenvalue weighted by Crippen LogP contribution is 2.18. The van der Waals surface area contributed by atoms with Gasteiger partial charge in [-0.05, 0) is 32.4 Å². The normalized spacial score (nSPS) is 10.2. The predicted molar refractivity (Wildman–Crippen MR) is 76.1 cm³/mol. The molecule has 1 aromatic rings. The molecule has 6 nitrogen and oxygen atoms in total. The number of aliphatic hydroxyl groups excluding tert-OH is 1. The van der Waals surface area contributed by atoms with Crippen LogP contribution in [0.1, 0.15) is 29.3 Å². The summed E-state index contributed by atoms with van der Waals surface area (Å²) in [7, 11) is 0. The van der Waals surface area contributed by atoms with Crippen LogP contribution in [0.4, 0.5) is 10.5 Å². The Bertz CT molecular complexity index is 488. The van der Waals surface area contributed by atoms with Crippen LogP contribution in [0.3, 0.4) is 0 Å². The number of hydrogen-bond acceptors (Lipinski definition) is 3. The molecule has 0 atom stereocenters. The van der Waals surface area contributed by atoms with Gasteiger partial charge < -0.3 is 20.4 Å². The summed E-state index contributed by atoms with van der Waals surface area (Å²) in [6, 6.07) is 4.47. The van der Waals surface area contributed by atoms with Crippen LogP contribution >= 0.6 is 0 Å². The topological polar surface area (TPSA) is 89.9 Å². The third-order valence-corrected chi connectivity index (χ3v) is 2.90. The molecule has 0 aliphatic heterocycles. The van der Waals surface area contributed by atoms with Crippen molar-refractivity contribution in [2.24, 2.45) is 0 Å². The summed E-state index contributed by atoms with van der Waals surface area (Å²) in [5.41, 5.74) is 1.15. The van der Waals surface area contributed by atoms with E-state index < -0.39 is 5.97 Å². The zero-order chi connectivity index (χ0) is 15.1.